The number of nitrogens with zero attached hydrogens (tertiary/aromatic N) is 1. The van der Waals surface area contributed by atoms with Gasteiger partial charge < -0.3 is 15.2 Å². The largest absolute Gasteiger partial charge is 0.480 e. The second kappa shape index (κ2) is 14.6. The van der Waals surface area contributed by atoms with Gasteiger partial charge in [0, 0.05) is 18.8 Å². The average molecular weight is 500 g/mol. The Balaban J connectivity index is 0.000000283. The molecule has 10 heteroatoms. The molecule has 3 N–H and O–H groups in total. The van der Waals surface area contributed by atoms with E-state index in [9.17, 15) is 23.1 Å². The van der Waals surface area contributed by atoms with Gasteiger partial charge in [-0.2, -0.15) is 0 Å². The Hall–Kier alpha value is -3.60. The number of pyridine rings is 1. The molecule has 0 aliphatic carbocycles. The summed E-state index contributed by atoms with van der Waals surface area (Å²) in [5.41, 5.74) is 2.25. The highest BCUT2D eigenvalue weighted by Gasteiger charge is 2.24. The smallest absolute Gasteiger partial charge is 0.322 e. The maximum absolute atomic E-state index is 12.1. The molecule has 0 aliphatic rings. The molecule has 0 saturated carbocycles. The second-order valence-corrected chi connectivity index (χ2v) is 9.25. The van der Waals surface area contributed by atoms with Crippen LogP contribution in [0.4, 0.5) is 0 Å². The first kappa shape index (κ1) is 27.6. The van der Waals surface area contributed by atoms with Crippen molar-refractivity contribution >= 4 is 22.0 Å². The Morgan fingerprint density at radius 1 is 0.943 bits per heavy atom. The number of carbonyl (C=O) groups is 2. The van der Waals surface area contributed by atoms with E-state index in [2.05, 4.69) is 15.0 Å². The molecule has 35 heavy (non-hydrogen) atoms. The Morgan fingerprint density at radius 3 is 2.09 bits per heavy atom. The summed E-state index contributed by atoms with van der Waals surface area (Å²) < 4.78 is 31.4. The number of hydrogen-bond donors (Lipinski definition) is 3. The van der Waals surface area contributed by atoms with Crippen LogP contribution in [0.1, 0.15) is 16.7 Å². The van der Waals surface area contributed by atoms with Gasteiger partial charge in [-0.1, -0.05) is 66.7 Å². The number of benzene rings is 2. The average Bonchev–Trinajstić information content (AvgIpc) is 2.84. The van der Waals surface area contributed by atoms with E-state index in [1.54, 1.807) is 55.7 Å². The molecule has 0 bridgehead atoms. The second-order valence-electron chi connectivity index (χ2n) is 7.50. The predicted octanol–water partition coefficient (Wildman–Crippen LogP) is 2.15. The third kappa shape index (κ3) is 11.4. The van der Waals surface area contributed by atoms with Crippen LogP contribution in [0.5, 0.6) is 0 Å². The van der Waals surface area contributed by atoms with Crippen molar-refractivity contribution in [3.63, 3.8) is 0 Å². The number of rotatable bonds is 11. The minimum absolute atomic E-state index is 0.0389. The number of carboxylic acid groups (broad SMARTS) is 1. The van der Waals surface area contributed by atoms with Gasteiger partial charge in [-0.3, -0.25) is 14.6 Å². The summed E-state index contributed by atoms with van der Waals surface area (Å²) in [7, 11) is -2.04. The van der Waals surface area contributed by atoms with Crippen molar-refractivity contribution in [1.29, 1.82) is 0 Å². The lowest BCUT2D eigenvalue weighted by atomic mass is 10.1. The topological polar surface area (TPSA) is 135 Å². The Bertz CT molecular complexity index is 1140. The molecule has 1 unspecified atom stereocenters. The molecule has 1 atom stereocenters. The minimum Gasteiger partial charge on any atom is -0.480 e. The van der Waals surface area contributed by atoms with Gasteiger partial charge in [0.25, 0.3) is 0 Å². The van der Waals surface area contributed by atoms with E-state index in [0.717, 1.165) is 5.56 Å². The molecular formula is C25H29N3O6S. The highest BCUT2D eigenvalue weighted by molar-refractivity contribution is 7.88. The fourth-order valence-electron chi connectivity index (χ4n) is 2.92. The molecule has 1 aromatic heterocycles. The monoisotopic (exact) mass is 499 g/mol. The van der Waals surface area contributed by atoms with Crippen LogP contribution in [0.15, 0.2) is 85.2 Å². The fraction of sp³-hybridized carbons (Fsp3) is 0.240. The molecule has 0 amide bonds. The molecule has 0 radical (unpaired) electrons. The zero-order valence-corrected chi connectivity index (χ0v) is 20.1. The van der Waals surface area contributed by atoms with E-state index >= 15 is 0 Å². The number of nitrogens with one attached hydrogen (secondary N) is 2. The van der Waals surface area contributed by atoms with Crippen LogP contribution in [0, 0.1) is 0 Å². The molecule has 0 fully saturated rings. The summed E-state index contributed by atoms with van der Waals surface area (Å²) in [5, 5.41) is 11.9. The summed E-state index contributed by atoms with van der Waals surface area (Å²) in [6.07, 6.45) is 3.12. The Labute approximate surface area is 205 Å². The number of hydrogen-bond acceptors (Lipinski definition) is 7. The molecule has 3 rings (SSSR count). The van der Waals surface area contributed by atoms with Gasteiger partial charge in [0.2, 0.25) is 10.0 Å². The van der Waals surface area contributed by atoms with Crippen LogP contribution in [0.25, 0.3) is 0 Å². The van der Waals surface area contributed by atoms with E-state index in [4.69, 9.17) is 4.74 Å². The van der Waals surface area contributed by atoms with Crippen molar-refractivity contribution < 1.29 is 27.9 Å². The molecule has 0 aliphatic heterocycles. The van der Waals surface area contributed by atoms with E-state index in [1.165, 1.54) is 6.20 Å². The molecule has 1 heterocycles. The van der Waals surface area contributed by atoms with Gasteiger partial charge in [0.1, 0.15) is 12.6 Å². The van der Waals surface area contributed by atoms with Crippen LogP contribution in [-0.2, 0) is 43.1 Å². The normalized spacial score (nSPS) is 11.6. The molecular weight excluding hydrogens is 470 g/mol. The van der Waals surface area contributed by atoms with E-state index in [0.29, 0.717) is 17.7 Å². The third-order valence-corrected chi connectivity index (χ3v) is 5.90. The zero-order chi connectivity index (χ0) is 25.5. The summed E-state index contributed by atoms with van der Waals surface area (Å²) in [5.74, 6) is -1.71. The van der Waals surface area contributed by atoms with Crippen molar-refractivity contribution in [3.8, 4) is 0 Å². The first-order valence-corrected chi connectivity index (χ1v) is 12.4. The number of carboxylic acids is 1. The van der Waals surface area contributed by atoms with Gasteiger partial charge in [-0.15, -0.1) is 0 Å². The fourth-order valence-corrected chi connectivity index (χ4v) is 4.25. The molecule has 2 aromatic carbocycles. The number of aromatic nitrogens is 1. The van der Waals surface area contributed by atoms with Crippen LogP contribution in [0.3, 0.4) is 0 Å². The van der Waals surface area contributed by atoms with Crippen LogP contribution < -0.4 is 10.0 Å². The highest BCUT2D eigenvalue weighted by atomic mass is 32.2. The van der Waals surface area contributed by atoms with Crippen molar-refractivity contribution in [1.82, 2.24) is 15.0 Å². The van der Waals surface area contributed by atoms with Gasteiger partial charge in [-0.05, 0) is 29.8 Å². The summed E-state index contributed by atoms with van der Waals surface area (Å²) >= 11 is 0. The van der Waals surface area contributed by atoms with Gasteiger partial charge in [-0.25, -0.2) is 13.1 Å². The lowest BCUT2D eigenvalue weighted by molar-refractivity contribution is -0.143. The van der Waals surface area contributed by atoms with Crippen LogP contribution in [-0.4, -0.2) is 50.1 Å². The van der Waals surface area contributed by atoms with Crippen molar-refractivity contribution in [2.75, 3.05) is 13.6 Å². The van der Waals surface area contributed by atoms with Gasteiger partial charge in [0.15, 0.2) is 0 Å². The Kier molecular flexibility index (Phi) is 11.5. The molecule has 0 spiro atoms. The Morgan fingerprint density at radius 2 is 1.54 bits per heavy atom. The molecule has 186 valence electrons. The van der Waals surface area contributed by atoms with Crippen LogP contribution in [0.2, 0.25) is 0 Å². The minimum atomic E-state index is -3.75. The molecule has 3 aromatic rings. The quantitative estimate of drug-likeness (QED) is 0.342. The lowest BCUT2D eigenvalue weighted by Crippen LogP contribution is -2.42. The van der Waals surface area contributed by atoms with Crippen molar-refractivity contribution in [3.05, 3.63) is 102 Å². The van der Waals surface area contributed by atoms with E-state index < -0.39 is 22.0 Å². The van der Waals surface area contributed by atoms with Crippen LogP contribution >= 0.6 is 0 Å². The highest BCUT2D eigenvalue weighted by Crippen LogP contribution is 2.08. The number of sulfonamides is 1. The lowest BCUT2D eigenvalue weighted by Gasteiger charge is -2.14. The molecule has 0 saturated heterocycles. The third-order valence-electron chi connectivity index (χ3n) is 4.55. The maximum Gasteiger partial charge on any atom is 0.322 e. The predicted molar refractivity (Wildman–Crippen MR) is 132 cm³/mol. The van der Waals surface area contributed by atoms with Gasteiger partial charge in [0.05, 0.1) is 12.3 Å². The SMILES string of the molecule is CNCC(=O)OCc1ccccc1.O=C(O)C(Cc1cccnc1)NS(=O)(=O)Cc1ccccc1. The standard InChI is InChI=1S/C15H16N2O4S.C10H13NO2/c18-15(19)14(9-13-7-4-8-16-10-13)17-22(20,21)11-12-5-2-1-3-6-12;1-11-7-10(12)13-8-9-5-3-2-4-6-9/h1-8,10,14,17H,9,11H2,(H,18,19);2-6,11H,7-8H2,1H3. The van der Waals surface area contributed by atoms with Crippen molar-refractivity contribution in [2.24, 2.45) is 0 Å². The van der Waals surface area contributed by atoms with Crippen molar-refractivity contribution in [2.45, 2.75) is 24.8 Å². The number of aliphatic carboxylic acids is 1. The maximum atomic E-state index is 12.1. The summed E-state index contributed by atoms with van der Waals surface area (Å²) in [6, 6.07) is 20.4. The number of esters is 1. The summed E-state index contributed by atoms with van der Waals surface area (Å²) in [6.45, 7) is 0.605. The number of carbonyl (C=O) groups excluding carboxylic acids is 1. The zero-order valence-electron chi connectivity index (χ0n) is 19.3. The number of likely N-dealkylation sites (N-methyl/N-ethyl adjacent to an activating group) is 1. The van der Waals surface area contributed by atoms with Gasteiger partial charge >= 0.3 is 11.9 Å². The van der Waals surface area contributed by atoms with E-state index in [-0.39, 0.29) is 24.7 Å². The summed E-state index contributed by atoms with van der Waals surface area (Å²) in [4.78, 5) is 26.1. The first-order chi connectivity index (χ1) is 16.8. The van der Waals surface area contributed by atoms with E-state index in [1.807, 2.05) is 30.3 Å². The molecule has 9 nitrogen and oxygen atoms in total. The first-order valence-electron chi connectivity index (χ1n) is 10.8. The number of ether oxygens (including phenoxy) is 1.